The molecule has 0 saturated heterocycles. The lowest BCUT2D eigenvalue weighted by molar-refractivity contribution is 0.329. The number of ether oxygens (including phenoxy) is 2. The molecule has 6 heteroatoms. The van der Waals surface area contributed by atoms with Crippen molar-refractivity contribution in [1.82, 2.24) is 15.1 Å². The van der Waals surface area contributed by atoms with Gasteiger partial charge in [0.2, 0.25) is 17.6 Å². The zero-order valence-corrected chi connectivity index (χ0v) is 16.1. The summed E-state index contributed by atoms with van der Waals surface area (Å²) in [6.45, 7) is 4.48. The molecule has 6 nitrogen and oxygen atoms in total. The van der Waals surface area contributed by atoms with Crippen LogP contribution >= 0.6 is 0 Å². The lowest BCUT2D eigenvalue weighted by Crippen LogP contribution is -1.99. The fourth-order valence-electron chi connectivity index (χ4n) is 3.02. The molecule has 2 heterocycles. The fourth-order valence-corrected chi connectivity index (χ4v) is 3.02. The normalized spacial score (nSPS) is 11.0. The highest BCUT2D eigenvalue weighted by molar-refractivity contribution is 5.85. The van der Waals surface area contributed by atoms with Gasteiger partial charge in [0.25, 0.3) is 0 Å². The quantitative estimate of drug-likeness (QED) is 0.491. The summed E-state index contributed by atoms with van der Waals surface area (Å²) in [6.07, 6.45) is 0.543. The molecule has 0 aliphatic rings. The minimum atomic E-state index is 0.474. The van der Waals surface area contributed by atoms with Gasteiger partial charge < -0.3 is 14.0 Å². The van der Waals surface area contributed by atoms with Crippen LogP contribution in [0.15, 0.2) is 53.1 Å². The van der Waals surface area contributed by atoms with Gasteiger partial charge in [-0.25, -0.2) is 4.98 Å². The van der Waals surface area contributed by atoms with Gasteiger partial charge in [-0.05, 0) is 49.2 Å². The van der Waals surface area contributed by atoms with E-state index in [4.69, 9.17) is 14.0 Å². The number of hydrogen-bond acceptors (Lipinski definition) is 6. The number of aryl methyl sites for hydroxylation is 1. The highest BCUT2D eigenvalue weighted by atomic mass is 16.5. The molecule has 4 aromatic rings. The second-order valence-electron chi connectivity index (χ2n) is 6.51. The summed E-state index contributed by atoms with van der Waals surface area (Å²) < 4.78 is 16.4. The SMILES string of the molecule is CCOc1nc2cc(C)ccc2cc1-c1noc(Cc2ccc(OC)cc2)n1. The van der Waals surface area contributed by atoms with E-state index in [1.54, 1.807) is 7.11 Å². The molecule has 0 N–H and O–H groups in total. The van der Waals surface area contributed by atoms with Gasteiger partial charge in [0.05, 0.1) is 31.2 Å². The van der Waals surface area contributed by atoms with Crippen LogP contribution in [0.5, 0.6) is 11.6 Å². The second-order valence-corrected chi connectivity index (χ2v) is 6.51. The first-order valence-corrected chi connectivity index (χ1v) is 9.16. The molecule has 0 bridgehead atoms. The van der Waals surface area contributed by atoms with E-state index in [0.29, 0.717) is 30.6 Å². The van der Waals surface area contributed by atoms with E-state index >= 15 is 0 Å². The van der Waals surface area contributed by atoms with Crippen molar-refractivity contribution < 1.29 is 14.0 Å². The maximum atomic E-state index is 5.75. The molecular formula is C22H21N3O3. The largest absolute Gasteiger partial charge is 0.497 e. The first-order chi connectivity index (χ1) is 13.7. The third-order valence-corrected chi connectivity index (χ3v) is 4.44. The van der Waals surface area contributed by atoms with E-state index in [0.717, 1.165) is 33.3 Å². The summed E-state index contributed by atoms with van der Waals surface area (Å²) in [4.78, 5) is 9.21. The molecule has 0 saturated carbocycles. The van der Waals surface area contributed by atoms with Crippen LogP contribution in [-0.4, -0.2) is 28.8 Å². The summed E-state index contributed by atoms with van der Waals surface area (Å²) in [5.41, 5.74) is 3.82. The first-order valence-electron chi connectivity index (χ1n) is 9.16. The fraction of sp³-hybridized carbons (Fsp3) is 0.227. The van der Waals surface area contributed by atoms with Gasteiger partial charge in [-0.2, -0.15) is 4.98 Å². The summed E-state index contributed by atoms with van der Waals surface area (Å²) in [6, 6.07) is 15.9. The Bertz CT molecular complexity index is 1100. The summed E-state index contributed by atoms with van der Waals surface area (Å²) in [5, 5.41) is 5.16. The van der Waals surface area contributed by atoms with Crippen molar-refractivity contribution in [1.29, 1.82) is 0 Å². The summed E-state index contributed by atoms with van der Waals surface area (Å²) >= 11 is 0. The second kappa shape index (κ2) is 7.68. The van der Waals surface area contributed by atoms with E-state index in [1.807, 2.05) is 56.3 Å². The maximum Gasteiger partial charge on any atom is 0.231 e. The molecular weight excluding hydrogens is 354 g/mol. The Hall–Kier alpha value is -3.41. The summed E-state index contributed by atoms with van der Waals surface area (Å²) in [7, 11) is 1.65. The third kappa shape index (κ3) is 3.67. The van der Waals surface area contributed by atoms with Crippen molar-refractivity contribution in [2.45, 2.75) is 20.3 Å². The molecule has 2 aromatic heterocycles. The van der Waals surface area contributed by atoms with Crippen LogP contribution < -0.4 is 9.47 Å². The zero-order chi connectivity index (χ0) is 19.5. The van der Waals surface area contributed by atoms with Gasteiger partial charge in [-0.15, -0.1) is 0 Å². The van der Waals surface area contributed by atoms with Crippen LogP contribution in [-0.2, 0) is 6.42 Å². The standard InChI is InChI=1S/C22H21N3O3/c1-4-27-22-18(13-16-8-5-14(2)11-19(16)23-22)21-24-20(28-25-21)12-15-6-9-17(26-3)10-7-15/h5-11,13H,4,12H2,1-3H3. The summed E-state index contributed by atoms with van der Waals surface area (Å²) in [5.74, 6) is 2.33. The van der Waals surface area contributed by atoms with Crippen LogP contribution in [0.3, 0.4) is 0 Å². The third-order valence-electron chi connectivity index (χ3n) is 4.44. The lowest BCUT2D eigenvalue weighted by Gasteiger charge is -2.08. The van der Waals surface area contributed by atoms with Crippen molar-refractivity contribution in [2.24, 2.45) is 0 Å². The van der Waals surface area contributed by atoms with Gasteiger partial charge in [0, 0.05) is 5.39 Å². The number of fused-ring (bicyclic) bond motifs is 1. The Balaban J connectivity index is 1.67. The van der Waals surface area contributed by atoms with E-state index in [1.165, 1.54) is 0 Å². The van der Waals surface area contributed by atoms with Crippen LogP contribution in [0, 0.1) is 6.92 Å². The molecule has 0 unspecified atom stereocenters. The number of nitrogens with zero attached hydrogens (tertiary/aromatic N) is 3. The molecule has 4 rings (SSSR count). The average Bonchev–Trinajstić information content (AvgIpc) is 3.16. The smallest absolute Gasteiger partial charge is 0.231 e. The monoisotopic (exact) mass is 375 g/mol. The predicted octanol–water partition coefficient (Wildman–Crippen LogP) is 4.59. The minimum Gasteiger partial charge on any atom is -0.497 e. The van der Waals surface area contributed by atoms with Crippen LogP contribution in [0.2, 0.25) is 0 Å². The first kappa shape index (κ1) is 18.0. The molecule has 0 aliphatic heterocycles. The van der Waals surface area contributed by atoms with Crippen molar-refractivity contribution >= 4 is 10.9 Å². The topological polar surface area (TPSA) is 70.3 Å². The molecule has 0 spiro atoms. The van der Waals surface area contributed by atoms with Gasteiger partial charge in [0.1, 0.15) is 5.75 Å². The van der Waals surface area contributed by atoms with Crippen molar-refractivity contribution in [2.75, 3.05) is 13.7 Å². The number of methoxy groups -OCH3 is 1. The van der Waals surface area contributed by atoms with Crippen molar-refractivity contribution in [3.8, 4) is 23.0 Å². The van der Waals surface area contributed by atoms with E-state index in [-0.39, 0.29) is 0 Å². The number of benzene rings is 2. The Morgan fingerprint density at radius 1 is 1.00 bits per heavy atom. The Kier molecular flexibility index (Phi) is 4.93. The Labute approximate surface area is 163 Å². The van der Waals surface area contributed by atoms with Crippen molar-refractivity contribution in [3.05, 3.63) is 65.5 Å². The van der Waals surface area contributed by atoms with E-state index in [9.17, 15) is 0 Å². The van der Waals surface area contributed by atoms with E-state index < -0.39 is 0 Å². The lowest BCUT2D eigenvalue weighted by atomic mass is 10.1. The predicted molar refractivity (Wildman–Crippen MR) is 107 cm³/mol. The molecule has 142 valence electrons. The minimum absolute atomic E-state index is 0.474. The van der Waals surface area contributed by atoms with Crippen LogP contribution in [0.1, 0.15) is 23.9 Å². The van der Waals surface area contributed by atoms with Crippen LogP contribution in [0.4, 0.5) is 0 Å². The van der Waals surface area contributed by atoms with Gasteiger partial charge in [0.15, 0.2) is 0 Å². The van der Waals surface area contributed by atoms with Gasteiger partial charge in [-0.1, -0.05) is 29.4 Å². The van der Waals surface area contributed by atoms with Gasteiger partial charge >= 0.3 is 0 Å². The number of pyridine rings is 1. The average molecular weight is 375 g/mol. The highest BCUT2D eigenvalue weighted by Gasteiger charge is 2.17. The number of hydrogen-bond donors (Lipinski definition) is 0. The Morgan fingerprint density at radius 2 is 1.82 bits per heavy atom. The molecule has 2 aromatic carbocycles. The molecule has 0 radical (unpaired) electrons. The molecule has 0 atom stereocenters. The molecule has 28 heavy (non-hydrogen) atoms. The van der Waals surface area contributed by atoms with Crippen LogP contribution in [0.25, 0.3) is 22.3 Å². The zero-order valence-electron chi connectivity index (χ0n) is 16.1. The van der Waals surface area contributed by atoms with Gasteiger partial charge in [-0.3, -0.25) is 0 Å². The molecule has 0 amide bonds. The molecule has 0 aliphatic carbocycles. The highest BCUT2D eigenvalue weighted by Crippen LogP contribution is 2.30. The Morgan fingerprint density at radius 3 is 2.57 bits per heavy atom. The van der Waals surface area contributed by atoms with Crippen molar-refractivity contribution in [3.63, 3.8) is 0 Å². The number of aromatic nitrogens is 3. The molecule has 0 fully saturated rings. The number of rotatable bonds is 6. The van der Waals surface area contributed by atoms with E-state index in [2.05, 4.69) is 21.2 Å². The maximum absolute atomic E-state index is 5.75.